The first kappa shape index (κ1) is 14.3. The second-order valence-corrected chi connectivity index (χ2v) is 6.26. The van der Waals surface area contributed by atoms with Crippen LogP contribution < -0.4 is 5.32 Å². The maximum Gasteiger partial charge on any atom is 0.0297 e. The topological polar surface area (TPSA) is 12.0 Å². The van der Waals surface area contributed by atoms with E-state index in [1.807, 2.05) is 0 Å². The fourth-order valence-corrected chi connectivity index (χ4v) is 3.33. The van der Waals surface area contributed by atoms with Crippen LogP contribution in [0, 0.1) is 0 Å². The zero-order chi connectivity index (χ0) is 14.7. The van der Waals surface area contributed by atoms with Crippen molar-refractivity contribution >= 4 is 0 Å². The zero-order valence-electron chi connectivity index (χ0n) is 13.1. The fourth-order valence-electron chi connectivity index (χ4n) is 3.33. The van der Waals surface area contributed by atoms with Crippen molar-refractivity contribution in [2.45, 2.75) is 51.6 Å². The Balaban J connectivity index is 1.72. The van der Waals surface area contributed by atoms with Crippen molar-refractivity contribution in [3.05, 3.63) is 70.8 Å². The van der Waals surface area contributed by atoms with Gasteiger partial charge in [-0.15, -0.1) is 0 Å². The second kappa shape index (κ2) is 6.44. The van der Waals surface area contributed by atoms with E-state index >= 15 is 0 Å². The van der Waals surface area contributed by atoms with Crippen molar-refractivity contribution in [3.63, 3.8) is 0 Å². The summed E-state index contributed by atoms with van der Waals surface area (Å²) in [6.45, 7) is 4.51. The van der Waals surface area contributed by atoms with Gasteiger partial charge in [0.25, 0.3) is 0 Å². The minimum absolute atomic E-state index is 0.372. The molecular formula is C20H25N. The van der Waals surface area contributed by atoms with Crippen molar-refractivity contribution in [3.8, 4) is 0 Å². The molecular weight excluding hydrogens is 254 g/mol. The Labute approximate surface area is 128 Å². The molecule has 0 heterocycles. The molecule has 1 unspecified atom stereocenters. The molecule has 2 aromatic rings. The monoisotopic (exact) mass is 279 g/mol. The Morgan fingerprint density at radius 3 is 2.19 bits per heavy atom. The Morgan fingerprint density at radius 1 is 0.762 bits per heavy atom. The van der Waals surface area contributed by atoms with Crippen LogP contribution in [-0.2, 0) is 12.8 Å². The predicted octanol–water partition coefficient (Wildman–Crippen LogP) is 4.98. The molecule has 0 saturated heterocycles. The van der Waals surface area contributed by atoms with Gasteiger partial charge in [0.05, 0.1) is 0 Å². The van der Waals surface area contributed by atoms with Gasteiger partial charge in [-0.2, -0.15) is 0 Å². The number of aryl methyl sites for hydroxylation is 2. The largest absolute Gasteiger partial charge is 0.304 e. The lowest BCUT2D eigenvalue weighted by molar-refractivity contribution is 0.494. The molecule has 0 spiro atoms. The third kappa shape index (κ3) is 3.36. The summed E-state index contributed by atoms with van der Waals surface area (Å²) in [5.74, 6) is 0. The number of hydrogen-bond acceptors (Lipinski definition) is 1. The van der Waals surface area contributed by atoms with E-state index in [0.717, 1.165) is 0 Å². The van der Waals surface area contributed by atoms with Gasteiger partial charge < -0.3 is 5.32 Å². The predicted molar refractivity (Wildman–Crippen MR) is 89.5 cm³/mol. The molecule has 2 atom stereocenters. The van der Waals surface area contributed by atoms with E-state index in [1.54, 1.807) is 11.1 Å². The van der Waals surface area contributed by atoms with Crippen molar-refractivity contribution in [2.75, 3.05) is 0 Å². The maximum absolute atomic E-state index is 3.72. The van der Waals surface area contributed by atoms with E-state index in [2.05, 4.69) is 67.7 Å². The number of nitrogens with one attached hydrogen (secondary N) is 1. The van der Waals surface area contributed by atoms with Crippen LogP contribution >= 0.6 is 0 Å². The van der Waals surface area contributed by atoms with Gasteiger partial charge in [0.15, 0.2) is 0 Å². The molecule has 0 aliphatic heterocycles. The molecule has 3 rings (SSSR count). The Morgan fingerprint density at radius 2 is 1.43 bits per heavy atom. The third-order valence-electron chi connectivity index (χ3n) is 4.67. The average Bonchev–Trinajstić information content (AvgIpc) is 2.55. The number of fused-ring (bicyclic) bond motifs is 1. The smallest absolute Gasteiger partial charge is 0.0297 e. The van der Waals surface area contributed by atoms with Crippen molar-refractivity contribution in [2.24, 2.45) is 0 Å². The Hall–Kier alpha value is -1.60. The molecule has 1 aliphatic rings. The van der Waals surface area contributed by atoms with Crippen LogP contribution in [0.1, 0.15) is 61.0 Å². The van der Waals surface area contributed by atoms with E-state index in [4.69, 9.17) is 0 Å². The van der Waals surface area contributed by atoms with Crippen molar-refractivity contribution in [1.29, 1.82) is 0 Å². The van der Waals surface area contributed by atoms with Crippen LogP contribution in [0.15, 0.2) is 48.5 Å². The molecule has 0 aromatic heterocycles. The average molecular weight is 279 g/mol. The quantitative estimate of drug-likeness (QED) is 0.832. The number of benzene rings is 2. The van der Waals surface area contributed by atoms with E-state index in [1.165, 1.54) is 36.8 Å². The molecule has 1 N–H and O–H groups in total. The summed E-state index contributed by atoms with van der Waals surface area (Å²) in [6, 6.07) is 18.5. The molecule has 1 aliphatic carbocycles. The van der Waals surface area contributed by atoms with Gasteiger partial charge in [0.2, 0.25) is 0 Å². The molecule has 1 nitrogen and oxygen atoms in total. The number of rotatable bonds is 4. The Bertz CT molecular complexity index is 588. The zero-order valence-corrected chi connectivity index (χ0v) is 13.1. The lowest BCUT2D eigenvalue weighted by Crippen LogP contribution is -2.22. The highest BCUT2D eigenvalue weighted by Gasteiger charge is 2.14. The van der Waals surface area contributed by atoms with Crippen LogP contribution in [0.4, 0.5) is 0 Å². The van der Waals surface area contributed by atoms with Crippen LogP contribution in [0.3, 0.4) is 0 Å². The lowest BCUT2D eigenvalue weighted by Gasteiger charge is -2.23. The van der Waals surface area contributed by atoms with Crippen LogP contribution in [0.2, 0.25) is 0 Å². The standard InChI is InChI=1S/C20H25N/c1-15(17-8-4-3-5-9-17)21-16(2)19-13-12-18-10-6-7-11-20(18)14-19/h3-5,8-9,12-16,21H,6-7,10-11H2,1-2H3/t15-,16?/m1/s1. The molecule has 110 valence electrons. The molecule has 1 heteroatoms. The first-order valence-electron chi connectivity index (χ1n) is 8.17. The summed E-state index contributed by atoms with van der Waals surface area (Å²) in [4.78, 5) is 0. The van der Waals surface area contributed by atoms with Gasteiger partial charge in [-0.25, -0.2) is 0 Å². The van der Waals surface area contributed by atoms with Crippen LogP contribution in [-0.4, -0.2) is 0 Å². The number of hydrogen-bond donors (Lipinski definition) is 1. The summed E-state index contributed by atoms with van der Waals surface area (Å²) in [6.07, 6.45) is 5.21. The lowest BCUT2D eigenvalue weighted by atomic mass is 9.89. The highest BCUT2D eigenvalue weighted by atomic mass is 14.9. The van der Waals surface area contributed by atoms with Crippen molar-refractivity contribution in [1.82, 2.24) is 5.32 Å². The normalized spacial score (nSPS) is 17.0. The maximum atomic E-state index is 3.72. The molecule has 0 amide bonds. The molecule has 0 fully saturated rings. The summed E-state index contributed by atoms with van der Waals surface area (Å²) < 4.78 is 0. The summed E-state index contributed by atoms with van der Waals surface area (Å²) in [5, 5.41) is 3.72. The van der Waals surface area contributed by atoms with Gasteiger partial charge >= 0.3 is 0 Å². The van der Waals surface area contributed by atoms with Gasteiger partial charge in [0.1, 0.15) is 0 Å². The van der Waals surface area contributed by atoms with E-state index in [-0.39, 0.29) is 0 Å². The second-order valence-electron chi connectivity index (χ2n) is 6.26. The van der Waals surface area contributed by atoms with Gasteiger partial charge in [-0.3, -0.25) is 0 Å². The Kier molecular flexibility index (Phi) is 4.40. The van der Waals surface area contributed by atoms with Gasteiger partial charge in [0, 0.05) is 12.1 Å². The van der Waals surface area contributed by atoms with Crippen LogP contribution in [0.5, 0.6) is 0 Å². The van der Waals surface area contributed by atoms with Gasteiger partial charge in [-0.05, 0) is 61.8 Å². The van der Waals surface area contributed by atoms with E-state index < -0.39 is 0 Å². The highest BCUT2D eigenvalue weighted by molar-refractivity contribution is 5.35. The minimum Gasteiger partial charge on any atom is -0.304 e. The van der Waals surface area contributed by atoms with Crippen LogP contribution in [0.25, 0.3) is 0 Å². The molecule has 21 heavy (non-hydrogen) atoms. The molecule has 0 saturated carbocycles. The molecule has 0 radical (unpaired) electrons. The van der Waals surface area contributed by atoms with E-state index in [0.29, 0.717) is 12.1 Å². The van der Waals surface area contributed by atoms with E-state index in [9.17, 15) is 0 Å². The third-order valence-corrected chi connectivity index (χ3v) is 4.67. The summed E-state index contributed by atoms with van der Waals surface area (Å²) >= 11 is 0. The summed E-state index contributed by atoms with van der Waals surface area (Å²) in [5.41, 5.74) is 5.90. The molecule has 2 aromatic carbocycles. The SMILES string of the molecule is CC(N[C@H](C)c1ccccc1)c1ccc2c(c1)CCCC2. The minimum atomic E-state index is 0.372. The fraction of sp³-hybridized carbons (Fsp3) is 0.400. The highest BCUT2D eigenvalue weighted by Crippen LogP contribution is 2.26. The summed E-state index contributed by atoms with van der Waals surface area (Å²) in [7, 11) is 0. The molecule has 0 bridgehead atoms. The van der Waals surface area contributed by atoms with Crippen molar-refractivity contribution < 1.29 is 0 Å². The first-order valence-corrected chi connectivity index (χ1v) is 8.17. The van der Waals surface area contributed by atoms with Gasteiger partial charge in [-0.1, -0.05) is 48.5 Å². The first-order chi connectivity index (χ1) is 10.2.